The van der Waals surface area contributed by atoms with Gasteiger partial charge < -0.3 is 0 Å². The second kappa shape index (κ2) is 9.64. The molecule has 1 aliphatic heterocycles. The molecule has 0 saturated carbocycles. The Labute approximate surface area is 217 Å². The van der Waals surface area contributed by atoms with Gasteiger partial charge in [-0.3, -0.25) is 0 Å². The number of hydrogen-bond donors (Lipinski definition) is 0. The summed E-state index contributed by atoms with van der Waals surface area (Å²) in [5.74, 6) is 0. The molecule has 0 N–H and O–H groups in total. The Morgan fingerprint density at radius 3 is 1.50 bits per heavy atom. The first-order valence-electron chi connectivity index (χ1n) is 14.1. The predicted molar refractivity (Wildman–Crippen MR) is 165 cm³/mol. The second-order valence-corrected chi connectivity index (χ2v) is 111. The summed E-state index contributed by atoms with van der Waals surface area (Å²) in [4.78, 5) is 0. The van der Waals surface area contributed by atoms with Crippen LogP contribution in [0.1, 0.15) is 81.3 Å². The van der Waals surface area contributed by atoms with Gasteiger partial charge in [-0.25, -0.2) is 0 Å². The molecule has 1 saturated heterocycles. The Hall–Kier alpha value is -0.125. The molecule has 1 fully saturated rings. The van der Waals surface area contributed by atoms with E-state index in [4.69, 9.17) is 0 Å². The third kappa shape index (κ3) is 3.68. The van der Waals surface area contributed by atoms with Crippen molar-refractivity contribution in [2.45, 2.75) is 70.1 Å². The van der Waals surface area contributed by atoms with E-state index < -0.39 is 17.1 Å². The van der Waals surface area contributed by atoms with Gasteiger partial charge in [-0.1, -0.05) is 0 Å². The van der Waals surface area contributed by atoms with Crippen molar-refractivity contribution < 1.29 is 17.1 Å². The van der Waals surface area contributed by atoms with E-state index in [0.29, 0.717) is 34.2 Å². The fourth-order valence-corrected chi connectivity index (χ4v) is 506. The normalized spacial score (nSPS) is 24.9. The molecular formula is C28H44HfSi5. The van der Waals surface area contributed by atoms with Crippen LogP contribution in [0.2, 0.25) is 9.36 Å². The molecule has 0 aromatic heterocycles. The SMILES string of the molecule is CCC1=Cc2c(CC)cccc2[CH]1[Hf]([CH3])([CH3])([CH]1C(CC)=Cc2c(CC)cccc21)=[Si]1[SiH2][SiH2][SiH2][SiH2]1. The quantitative estimate of drug-likeness (QED) is 0.393. The molecule has 0 nitrogen and oxygen atoms in total. The maximum absolute atomic E-state index is 3.46. The number of aryl methyl sites for hydroxylation is 2. The Bertz CT molecular complexity index is 1190. The van der Waals surface area contributed by atoms with Crippen molar-refractivity contribution in [3.05, 3.63) is 80.9 Å². The average Bonchev–Trinajstić information content (AvgIpc) is 3.60. The summed E-state index contributed by atoms with van der Waals surface area (Å²) in [5, 5.41) is 0. The fraction of sp³-hybridized carbons (Fsp3) is 0.429. The number of hydrogen-bond acceptors (Lipinski definition) is 0. The van der Waals surface area contributed by atoms with Crippen molar-refractivity contribution in [3.8, 4) is 0 Å². The van der Waals surface area contributed by atoms with Gasteiger partial charge in [-0.05, 0) is 0 Å². The van der Waals surface area contributed by atoms with Crippen molar-refractivity contribution in [1.29, 1.82) is 0 Å². The molecule has 0 spiro atoms. The molecule has 5 rings (SSSR count). The van der Waals surface area contributed by atoms with Crippen LogP contribution in [0.5, 0.6) is 0 Å². The van der Waals surface area contributed by atoms with E-state index in [1.54, 1.807) is 22.3 Å². The summed E-state index contributed by atoms with van der Waals surface area (Å²) < 4.78 is 7.93. The summed E-state index contributed by atoms with van der Waals surface area (Å²) >= 11 is -3.46. The van der Waals surface area contributed by atoms with Gasteiger partial charge in [-0.15, -0.1) is 0 Å². The van der Waals surface area contributed by atoms with Gasteiger partial charge in [0.1, 0.15) is 0 Å². The van der Waals surface area contributed by atoms with Crippen molar-refractivity contribution >= 4 is 50.9 Å². The fourth-order valence-electron chi connectivity index (χ4n) is 8.55. The molecule has 2 atom stereocenters. The van der Waals surface area contributed by atoms with E-state index in [0.717, 1.165) is 7.35 Å². The number of benzene rings is 2. The van der Waals surface area contributed by atoms with Crippen molar-refractivity contribution in [2.24, 2.45) is 0 Å². The summed E-state index contributed by atoms with van der Waals surface area (Å²) in [5.41, 5.74) is 13.9. The summed E-state index contributed by atoms with van der Waals surface area (Å²) in [6.45, 7) is 9.69. The molecule has 0 amide bonds. The molecule has 180 valence electrons. The summed E-state index contributed by atoms with van der Waals surface area (Å²) in [6.07, 6.45) is 10.3. The maximum atomic E-state index is 3.10. The molecule has 0 radical (unpaired) electrons. The minimum absolute atomic E-state index is 0.0190. The molecule has 3 aliphatic rings. The van der Waals surface area contributed by atoms with Crippen molar-refractivity contribution in [2.75, 3.05) is 0 Å². The topological polar surface area (TPSA) is 0 Å². The molecule has 0 bridgehead atoms. The van der Waals surface area contributed by atoms with Gasteiger partial charge in [-0.2, -0.15) is 0 Å². The summed E-state index contributed by atoms with van der Waals surface area (Å²) in [7, 11) is 1.70. The van der Waals surface area contributed by atoms with Crippen LogP contribution in [-0.4, -0.2) is 38.7 Å². The minimum atomic E-state index is -3.46. The van der Waals surface area contributed by atoms with Crippen LogP contribution in [0.15, 0.2) is 47.5 Å². The van der Waals surface area contributed by atoms with Crippen LogP contribution in [-0.2, 0) is 30.0 Å². The third-order valence-corrected chi connectivity index (χ3v) is 245. The standard InChI is InChI=1S/2C13H15.2CH3.Hf.H8Si5/c2*1-3-10-8-12-7-5-6-11(4-2)13(12)9-10;;;;1-2-4-5-3-1/h2*5-9H,3-4H2,1-2H3;2*1H3;;1-4H2. The van der Waals surface area contributed by atoms with E-state index in [1.807, 2.05) is 22.3 Å². The van der Waals surface area contributed by atoms with E-state index >= 15 is 0 Å². The zero-order chi connectivity index (χ0) is 24.1. The third-order valence-electron chi connectivity index (χ3n) is 10.2. The zero-order valence-corrected chi connectivity index (χ0v) is 32.7. The molecule has 2 unspecified atom stereocenters. The van der Waals surface area contributed by atoms with E-state index in [9.17, 15) is 0 Å². The monoisotopic (exact) mass is 700 g/mol. The predicted octanol–water partition coefficient (Wildman–Crippen LogP) is 4.41. The number of fused-ring (bicyclic) bond motifs is 2. The van der Waals surface area contributed by atoms with E-state index in [2.05, 4.69) is 85.6 Å². The molecular weight excluding hydrogens is 655 g/mol. The van der Waals surface area contributed by atoms with Crippen LogP contribution in [0.3, 0.4) is 0 Å². The summed E-state index contributed by atoms with van der Waals surface area (Å²) in [6, 6.07) is 14.9. The van der Waals surface area contributed by atoms with Gasteiger partial charge in [0, 0.05) is 0 Å². The molecule has 2 aromatic carbocycles. The Morgan fingerprint density at radius 1 is 0.676 bits per heavy atom. The number of rotatable bonds is 6. The zero-order valence-electron chi connectivity index (χ0n) is 22.4. The van der Waals surface area contributed by atoms with Crippen LogP contribution in [0.4, 0.5) is 0 Å². The average molecular weight is 700 g/mol. The van der Waals surface area contributed by atoms with Crippen molar-refractivity contribution in [1.82, 2.24) is 0 Å². The molecule has 6 heteroatoms. The van der Waals surface area contributed by atoms with E-state index in [-0.39, 0.29) is 4.53 Å². The van der Waals surface area contributed by atoms with Gasteiger partial charge in [0.2, 0.25) is 0 Å². The van der Waals surface area contributed by atoms with Crippen LogP contribution in [0, 0.1) is 0 Å². The first-order chi connectivity index (χ1) is 16.4. The second-order valence-electron chi connectivity index (χ2n) is 12.0. The Kier molecular flexibility index (Phi) is 7.23. The van der Waals surface area contributed by atoms with Gasteiger partial charge in [0.25, 0.3) is 0 Å². The number of allylic oxidation sites excluding steroid dienone is 2. The van der Waals surface area contributed by atoms with Crippen LogP contribution >= 0.6 is 0 Å². The van der Waals surface area contributed by atoms with Crippen LogP contribution in [0.25, 0.3) is 12.2 Å². The molecule has 1 heterocycles. The van der Waals surface area contributed by atoms with E-state index in [1.165, 1.54) is 25.7 Å². The van der Waals surface area contributed by atoms with Gasteiger partial charge >= 0.3 is 219 Å². The Morgan fingerprint density at radius 2 is 1.12 bits per heavy atom. The van der Waals surface area contributed by atoms with Crippen LogP contribution < -0.4 is 0 Å². The van der Waals surface area contributed by atoms with Crippen molar-refractivity contribution in [3.63, 3.8) is 0 Å². The molecule has 2 aromatic rings. The molecule has 34 heavy (non-hydrogen) atoms. The first kappa shape index (κ1) is 25.5. The van der Waals surface area contributed by atoms with Gasteiger partial charge in [0.05, 0.1) is 0 Å². The Balaban J connectivity index is 1.86. The van der Waals surface area contributed by atoms with Gasteiger partial charge in [0.15, 0.2) is 0 Å². The first-order valence-corrected chi connectivity index (χ1v) is 49.0. The molecule has 2 aliphatic carbocycles.